The van der Waals surface area contributed by atoms with Gasteiger partial charge in [-0.3, -0.25) is 0 Å². The van der Waals surface area contributed by atoms with Gasteiger partial charge in [0.25, 0.3) is 0 Å². The molecule has 1 rings (SSSR count). The first-order valence-electron chi connectivity index (χ1n) is 6.35. The molecule has 0 spiro atoms. The second-order valence-electron chi connectivity index (χ2n) is 4.27. The van der Waals surface area contributed by atoms with E-state index in [0.717, 1.165) is 5.56 Å². The Bertz CT molecular complexity index is 387. The molecular weight excluding hydrogens is 206 g/mol. The Kier molecular flexibility index (Phi) is 7.20. The first kappa shape index (κ1) is 15.6. The van der Waals surface area contributed by atoms with Gasteiger partial charge < -0.3 is 5.41 Å². The molecule has 0 aliphatic heterocycles. The van der Waals surface area contributed by atoms with Gasteiger partial charge in [0.1, 0.15) is 0 Å². The lowest BCUT2D eigenvalue weighted by Crippen LogP contribution is -1.94. The van der Waals surface area contributed by atoms with Gasteiger partial charge in [0.15, 0.2) is 0 Å². The van der Waals surface area contributed by atoms with Crippen molar-refractivity contribution in [1.29, 1.82) is 5.41 Å². The van der Waals surface area contributed by atoms with E-state index in [1.165, 1.54) is 22.9 Å². The van der Waals surface area contributed by atoms with Gasteiger partial charge in [-0.15, -0.1) is 0 Å². The third-order valence-corrected chi connectivity index (χ3v) is 2.52. The van der Waals surface area contributed by atoms with E-state index in [2.05, 4.69) is 45.1 Å². The Balaban J connectivity index is 0.00000121. The summed E-state index contributed by atoms with van der Waals surface area (Å²) < 4.78 is 0. The van der Waals surface area contributed by atoms with E-state index < -0.39 is 0 Å². The van der Waals surface area contributed by atoms with Crippen LogP contribution in [0.2, 0.25) is 0 Å². The van der Waals surface area contributed by atoms with Crippen LogP contribution in [0.4, 0.5) is 0 Å². The van der Waals surface area contributed by atoms with Crippen LogP contribution in [0, 0.1) is 25.2 Å². The summed E-state index contributed by atoms with van der Waals surface area (Å²) in [5, 5.41) is 7.45. The van der Waals surface area contributed by atoms with Crippen molar-refractivity contribution in [3.63, 3.8) is 0 Å². The average molecular weight is 231 g/mol. The predicted octanol–water partition coefficient (Wildman–Crippen LogP) is 5.00. The molecule has 1 N–H and O–H groups in total. The zero-order chi connectivity index (χ0) is 13.4. The maximum absolute atomic E-state index is 7.45. The van der Waals surface area contributed by atoms with Gasteiger partial charge in [-0.1, -0.05) is 52.0 Å². The summed E-state index contributed by atoms with van der Waals surface area (Å²) in [6, 6.07) is 4.19. The third kappa shape index (κ3) is 4.56. The third-order valence-electron chi connectivity index (χ3n) is 2.52. The molecule has 1 heteroatoms. The number of aryl methyl sites for hydroxylation is 2. The number of allylic oxidation sites excluding steroid dienone is 1. The quantitative estimate of drug-likeness (QED) is 0.708. The van der Waals surface area contributed by atoms with E-state index in [0.29, 0.717) is 5.92 Å². The van der Waals surface area contributed by atoms with Crippen LogP contribution in [0.1, 0.15) is 49.9 Å². The van der Waals surface area contributed by atoms with Gasteiger partial charge in [0.2, 0.25) is 0 Å². The molecule has 0 unspecified atom stereocenters. The topological polar surface area (TPSA) is 23.9 Å². The Morgan fingerprint density at radius 3 is 1.88 bits per heavy atom. The molecule has 0 aromatic heterocycles. The number of benzene rings is 1. The molecular formula is C16H25N. The van der Waals surface area contributed by atoms with Crippen molar-refractivity contribution < 1.29 is 0 Å². The molecule has 0 bridgehead atoms. The molecule has 0 radical (unpaired) electrons. The molecule has 1 nitrogen and oxygen atoms in total. The maximum atomic E-state index is 7.45. The van der Waals surface area contributed by atoms with Crippen molar-refractivity contribution in [3.05, 3.63) is 40.5 Å². The van der Waals surface area contributed by atoms with Gasteiger partial charge in [0, 0.05) is 11.8 Å². The first-order valence-corrected chi connectivity index (χ1v) is 6.35. The second-order valence-corrected chi connectivity index (χ2v) is 4.27. The standard InChI is InChI=1S/C14H19N.C2H6/c1-10(2)5-8-13-11(3)6-7-12(4)14(13)9-15;1-2/h5-10,15H,1-4H3;1-2H3/b8-5-,15-9?;. The van der Waals surface area contributed by atoms with Crippen LogP contribution >= 0.6 is 0 Å². The van der Waals surface area contributed by atoms with E-state index in [-0.39, 0.29) is 0 Å². The zero-order valence-electron chi connectivity index (χ0n) is 12.0. The summed E-state index contributed by atoms with van der Waals surface area (Å²) in [4.78, 5) is 0. The molecule has 0 aliphatic carbocycles. The van der Waals surface area contributed by atoms with Crippen LogP contribution in [0.25, 0.3) is 6.08 Å². The predicted molar refractivity (Wildman–Crippen MR) is 79.0 cm³/mol. The smallest absolute Gasteiger partial charge is 0.0259 e. The summed E-state index contributed by atoms with van der Waals surface area (Å²) >= 11 is 0. The van der Waals surface area contributed by atoms with Gasteiger partial charge in [0.05, 0.1) is 0 Å². The van der Waals surface area contributed by atoms with Crippen molar-refractivity contribution in [2.75, 3.05) is 0 Å². The molecule has 1 aromatic rings. The summed E-state index contributed by atoms with van der Waals surface area (Å²) in [5.74, 6) is 0.545. The lowest BCUT2D eigenvalue weighted by Gasteiger charge is -2.08. The largest absolute Gasteiger partial charge is 0.308 e. The number of rotatable bonds is 3. The van der Waals surface area contributed by atoms with Crippen molar-refractivity contribution in [2.45, 2.75) is 41.5 Å². The molecule has 17 heavy (non-hydrogen) atoms. The number of nitrogens with one attached hydrogen (secondary N) is 1. The van der Waals surface area contributed by atoms with E-state index in [1.54, 1.807) is 0 Å². The Morgan fingerprint density at radius 2 is 1.47 bits per heavy atom. The molecule has 0 aliphatic rings. The Hall–Kier alpha value is -1.37. The fourth-order valence-corrected chi connectivity index (χ4v) is 1.56. The normalized spacial score (nSPS) is 10.3. The van der Waals surface area contributed by atoms with Gasteiger partial charge in [-0.2, -0.15) is 0 Å². The van der Waals surface area contributed by atoms with Crippen LogP contribution in [-0.4, -0.2) is 6.21 Å². The van der Waals surface area contributed by atoms with Crippen LogP contribution < -0.4 is 0 Å². The van der Waals surface area contributed by atoms with Crippen molar-refractivity contribution in [1.82, 2.24) is 0 Å². The fraction of sp³-hybridized carbons (Fsp3) is 0.438. The monoisotopic (exact) mass is 231 g/mol. The van der Waals surface area contributed by atoms with Crippen LogP contribution in [0.5, 0.6) is 0 Å². The molecule has 1 aromatic carbocycles. The second kappa shape index (κ2) is 7.83. The molecule has 94 valence electrons. The van der Waals surface area contributed by atoms with Crippen LogP contribution in [0.15, 0.2) is 18.2 Å². The molecule has 0 fully saturated rings. The highest BCUT2D eigenvalue weighted by atomic mass is 14.3. The lowest BCUT2D eigenvalue weighted by molar-refractivity contribution is 0.836. The molecule has 0 saturated carbocycles. The van der Waals surface area contributed by atoms with Gasteiger partial charge >= 0.3 is 0 Å². The van der Waals surface area contributed by atoms with E-state index in [9.17, 15) is 0 Å². The summed E-state index contributed by atoms with van der Waals surface area (Å²) in [5.41, 5.74) is 4.61. The molecule has 0 amide bonds. The Labute approximate surface area is 106 Å². The van der Waals surface area contributed by atoms with E-state index >= 15 is 0 Å². The van der Waals surface area contributed by atoms with Gasteiger partial charge in [-0.05, 0) is 36.5 Å². The molecule has 0 saturated heterocycles. The van der Waals surface area contributed by atoms with Crippen LogP contribution in [-0.2, 0) is 0 Å². The van der Waals surface area contributed by atoms with E-state index in [4.69, 9.17) is 5.41 Å². The SMILES string of the molecule is CC.Cc1ccc(C)c(/C=C\C(C)C)c1C=N. The average Bonchev–Trinajstić information content (AvgIpc) is 2.32. The minimum Gasteiger partial charge on any atom is -0.308 e. The fourth-order valence-electron chi connectivity index (χ4n) is 1.56. The summed E-state index contributed by atoms with van der Waals surface area (Å²) in [6.07, 6.45) is 5.75. The lowest BCUT2D eigenvalue weighted by atomic mass is 9.97. The number of hydrogen-bond acceptors (Lipinski definition) is 1. The van der Waals surface area contributed by atoms with Gasteiger partial charge in [-0.25, -0.2) is 0 Å². The van der Waals surface area contributed by atoms with Crippen molar-refractivity contribution >= 4 is 12.3 Å². The Morgan fingerprint density at radius 1 is 1.00 bits per heavy atom. The highest BCUT2D eigenvalue weighted by Gasteiger charge is 2.03. The minimum absolute atomic E-state index is 0.545. The summed E-state index contributed by atoms with van der Waals surface area (Å²) in [6.45, 7) is 12.5. The highest BCUT2D eigenvalue weighted by molar-refractivity contribution is 5.86. The van der Waals surface area contributed by atoms with Crippen molar-refractivity contribution in [3.8, 4) is 0 Å². The molecule has 0 atom stereocenters. The zero-order valence-corrected chi connectivity index (χ0v) is 12.0. The van der Waals surface area contributed by atoms with Crippen LogP contribution in [0.3, 0.4) is 0 Å². The first-order chi connectivity index (χ1) is 8.06. The maximum Gasteiger partial charge on any atom is 0.0259 e. The molecule has 0 heterocycles. The van der Waals surface area contributed by atoms with E-state index in [1.807, 2.05) is 20.8 Å². The van der Waals surface area contributed by atoms with Crippen molar-refractivity contribution in [2.24, 2.45) is 5.92 Å². The number of hydrogen-bond donors (Lipinski definition) is 1. The minimum atomic E-state index is 0.545. The summed E-state index contributed by atoms with van der Waals surface area (Å²) in [7, 11) is 0. The highest BCUT2D eigenvalue weighted by Crippen LogP contribution is 2.19.